The molecule has 1 aliphatic heterocycles. The molecule has 1 aliphatic rings. The van der Waals surface area contributed by atoms with Crippen LogP contribution in [0.3, 0.4) is 0 Å². The highest BCUT2D eigenvalue weighted by molar-refractivity contribution is 7.08. The fourth-order valence-corrected chi connectivity index (χ4v) is 3.60. The molecule has 1 atom stereocenters. The molecule has 0 saturated heterocycles. The van der Waals surface area contributed by atoms with Crippen LogP contribution in [0.4, 0.5) is 5.69 Å². The lowest BCUT2D eigenvalue weighted by Gasteiger charge is -2.21. The normalized spacial score (nSPS) is 15.6. The van der Waals surface area contributed by atoms with Crippen molar-refractivity contribution in [3.8, 4) is 0 Å². The molecule has 0 unspecified atom stereocenters. The summed E-state index contributed by atoms with van der Waals surface area (Å²) >= 11 is 1.54. The van der Waals surface area contributed by atoms with Gasteiger partial charge in [0.1, 0.15) is 0 Å². The number of thiophene rings is 1. The minimum Gasteiger partial charge on any atom is -0.395 e. The summed E-state index contributed by atoms with van der Waals surface area (Å²) in [5.41, 5.74) is 5.00. The second kappa shape index (κ2) is 6.20. The van der Waals surface area contributed by atoms with Crippen molar-refractivity contribution >= 4 is 22.9 Å². The van der Waals surface area contributed by atoms with Gasteiger partial charge in [-0.2, -0.15) is 11.3 Å². The van der Waals surface area contributed by atoms with Crippen molar-refractivity contribution in [2.45, 2.75) is 33.0 Å². The number of fused-ring (bicyclic) bond motifs is 1. The molecule has 0 saturated carbocycles. The lowest BCUT2D eigenvalue weighted by Crippen LogP contribution is -2.30. The van der Waals surface area contributed by atoms with Crippen LogP contribution in [0.5, 0.6) is 0 Å². The van der Waals surface area contributed by atoms with Crippen molar-refractivity contribution in [1.82, 2.24) is 4.90 Å². The molecule has 5 heteroatoms. The Bertz CT molecular complexity index is 696. The van der Waals surface area contributed by atoms with Crippen molar-refractivity contribution in [3.63, 3.8) is 0 Å². The van der Waals surface area contributed by atoms with E-state index in [4.69, 9.17) is 0 Å². The molecule has 0 aliphatic carbocycles. The van der Waals surface area contributed by atoms with Crippen LogP contribution in [0, 0.1) is 6.92 Å². The number of nitrogens with one attached hydrogen (secondary N) is 1. The van der Waals surface area contributed by atoms with E-state index in [0.29, 0.717) is 0 Å². The number of anilines is 1. The summed E-state index contributed by atoms with van der Waals surface area (Å²) in [6.07, 6.45) is 0. The highest BCUT2D eigenvalue weighted by Gasteiger charge is 2.25. The minimum absolute atomic E-state index is 0.0548. The number of aliphatic hydroxyl groups excluding tert-OH is 1. The summed E-state index contributed by atoms with van der Waals surface area (Å²) in [5.74, 6) is -0.0548. The maximum absolute atomic E-state index is 12.4. The van der Waals surface area contributed by atoms with E-state index in [1.165, 1.54) is 5.56 Å². The van der Waals surface area contributed by atoms with E-state index in [9.17, 15) is 9.90 Å². The second-order valence-electron chi connectivity index (χ2n) is 5.80. The van der Waals surface area contributed by atoms with Gasteiger partial charge in [0.2, 0.25) is 0 Å². The predicted octanol–water partition coefficient (Wildman–Crippen LogP) is 3.01. The Labute approximate surface area is 134 Å². The number of amides is 1. The van der Waals surface area contributed by atoms with Gasteiger partial charge in [0.05, 0.1) is 12.2 Å². The monoisotopic (exact) mass is 316 g/mol. The SMILES string of the molecule is Cc1cscc1C(=O)Nc1cccc2c1CN([C@H](C)CO)C2. The highest BCUT2D eigenvalue weighted by atomic mass is 32.1. The first-order valence-electron chi connectivity index (χ1n) is 7.40. The Morgan fingerprint density at radius 2 is 2.23 bits per heavy atom. The maximum atomic E-state index is 12.4. The van der Waals surface area contributed by atoms with Gasteiger partial charge in [-0.3, -0.25) is 9.69 Å². The molecule has 2 N–H and O–H groups in total. The van der Waals surface area contributed by atoms with E-state index in [0.717, 1.165) is 35.5 Å². The van der Waals surface area contributed by atoms with E-state index in [1.807, 2.05) is 36.7 Å². The van der Waals surface area contributed by atoms with Gasteiger partial charge in [-0.1, -0.05) is 12.1 Å². The molecule has 0 radical (unpaired) electrons. The molecule has 0 fully saturated rings. The van der Waals surface area contributed by atoms with Gasteiger partial charge in [0.25, 0.3) is 5.91 Å². The van der Waals surface area contributed by atoms with Gasteiger partial charge in [-0.25, -0.2) is 0 Å². The quantitative estimate of drug-likeness (QED) is 0.912. The fraction of sp³-hybridized carbons (Fsp3) is 0.353. The molecule has 2 heterocycles. The van der Waals surface area contributed by atoms with E-state index >= 15 is 0 Å². The minimum atomic E-state index is -0.0548. The summed E-state index contributed by atoms with van der Waals surface area (Å²) in [6.45, 7) is 5.68. The fourth-order valence-electron chi connectivity index (χ4n) is 2.77. The molecular formula is C17H20N2O2S. The topological polar surface area (TPSA) is 52.6 Å². The zero-order chi connectivity index (χ0) is 15.7. The Morgan fingerprint density at radius 3 is 2.91 bits per heavy atom. The molecule has 116 valence electrons. The van der Waals surface area contributed by atoms with E-state index in [1.54, 1.807) is 11.3 Å². The van der Waals surface area contributed by atoms with Gasteiger partial charge in [0, 0.05) is 30.2 Å². The number of hydrogen-bond acceptors (Lipinski definition) is 4. The van der Waals surface area contributed by atoms with Crippen molar-refractivity contribution in [1.29, 1.82) is 0 Å². The lowest BCUT2D eigenvalue weighted by molar-refractivity contribution is 0.102. The summed E-state index contributed by atoms with van der Waals surface area (Å²) in [5, 5.41) is 16.2. The van der Waals surface area contributed by atoms with E-state index in [2.05, 4.69) is 16.3 Å². The van der Waals surface area contributed by atoms with Gasteiger partial charge in [0.15, 0.2) is 0 Å². The Kier molecular flexibility index (Phi) is 4.29. The Hall–Kier alpha value is -1.69. The summed E-state index contributed by atoms with van der Waals surface area (Å²) in [7, 11) is 0. The third-order valence-corrected chi connectivity index (χ3v) is 5.11. The lowest BCUT2D eigenvalue weighted by atomic mass is 10.1. The molecule has 1 amide bonds. The molecular weight excluding hydrogens is 296 g/mol. The van der Waals surface area contributed by atoms with Gasteiger partial charge in [-0.15, -0.1) is 0 Å². The van der Waals surface area contributed by atoms with Crippen LogP contribution >= 0.6 is 11.3 Å². The third kappa shape index (κ3) is 2.79. The van der Waals surface area contributed by atoms with Crippen LogP contribution in [-0.2, 0) is 13.1 Å². The number of hydrogen-bond donors (Lipinski definition) is 2. The van der Waals surface area contributed by atoms with Gasteiger partial charge < -0.3 is 10.4 Å². The standard InChI is InChI=1S/C17H20N2O2S/c1-11-9-22-10-15(11)17(21)18-16-5-3-4-13-6-19(7-14(13)16)12(2)8-20/h3-5,9-10,12,20H,6-8H2,1-2H3,(H,18,21)/t12-/m1/s1. The predicted molar refractivity (Wildman–Crippen MR) is 89.2 cm³/mol. The van der Waals surface area contributed by atoms with Crippen LogP contribution < -0.4 is 5.32 Å². The highest BCUT2D eigenvalue weighted by Crippen LogP contribution is 2.31. The largest absolute Gasteiger partial charge is 0.395 e. The molecule has 4 nitrogen and oxygen atoms in total. The first-order valence-corrected chi connectivity index (χ1v) is 8.34. The Morgan fingerprint density at radius 1 is 1.41 bits per heavy atom. The zero-order valence-corrected chi connectivity index (χ0v) is 13.6. The number of rotatable bonds is 4. The first kappa shape index (κ1) is 15.2. The average Bonchev–Trinajstić information content (AvgIpc) is 3.13. The smallest absolute Gasteiger partial charge is 0.256 e. The molecule has 1 aromatic heterocycles. The molecule has 1 aromatic carbocycles. The van der Waals surface area contributed by atoms with Gasteiger partial charge in [-0.05, 0) is 42.0 Å². The van der Waals surface area contributed by atoms with Crippen molar-refractivity contribution in [2.75, 3.05) is 11.9 Å². The second-order valence-corrected chi connectivity index (χ2v) is 6.55. The van der Waals surface area contributed by atoms with Crippen LogP contribution in [0.1, 0.15) is 34.0 Å². The first-order chi connectivity index (χ1) is 10.6. The molecule has 22 heavy (non-hydrogen) atoms. The molecule has 0 spiro atoms. The molecule has 2 aromatic rings. The number of carbonyl (C=O) groups is 1. The van der Waals surface area contributed by atoms with Crippen LogP contribution in [0.15, 0.2) is 29.0 Å². The van der Waals surface area contributed by atoms with Crippen LogP contribution in [0.2, 0.25) is 0 Å². The van der Waals surface area contributed by atoms with Crippen molar-refractivity contribution < 1.29 is 9.90 Å². The Balaban J connectivity index is 1.82. The number of nitrogens with zero attached hydrogens (tertiary/aromatic N) is 1. The van der Waals surface area contributed by atoms with Crippen molar-refractivity contribution in [2.24, 2.45) is 0 Å². The summed E-state index contributed by atoms with van der Waals surface area (Å²) in [4.78, 5) is 14.6. The number of aryl methyl sites for hydroxylation is 1. The average molecular weight is 316 g/mol. The summed E-state index contributed by atoms with van der Waals surface area (Å²) in [6, 6.07) is 6.13. The van der Waals surface area contributed by atoms with Crippen LogP contribution in [0.25, 0.3) is 0 Å². The van der Waals surface area contributed by atoms with Crippen molar-refractivity contribution in [3.05, 3.63) is 51.2 Å². The third-order valence-electron chi connectivity index (χ3n) is 4.24. The van der Waals surface area contributed by atoms with Crippen LogP contribution in [-0.4, -0.2) is 28.6 Å². The van der Waals surface area contributed by atoms with E-state index < -0.39 is 0 Å². The van der Waals surface area contributed by atoms with Gasteiger partial charge >= 0.3 is 0 Å². The molecule has 3 rings (SSSR count). The number of carbonyl (C=O) groups excluding carboxylic acids is 1. The summed E-state index contributed by atoms with van der Waals surface area (Å²) < 4.78 is 0. The molecule has 0 bridgehead atoms. The van der Waals surface area contributed by atoms with E-state index in [-0.39, 0.29) is 18.6 Å². The number of aliphatic hydroxyl groups is 1. The zero-order valence-electron chi connectivity index (χ0n) is 12.8. The number of benzene rings is 1. The maximum Gasteiger partial charge on any atom is 0.256 e.